The van der Waals surface area contributed by atoms with E-state index in [2.05, 4.69) is 30.8 Å². The van der Waals surface area contributed by atoms with E-state index in [9.17, 15) is 9.59 Å². The van der Waals surface area contributed by atoms with Gasteiger partial charge in [0.05, 0.1) is 26.0 Å². The summed E-state index contributed by atoms with van der Waals surface area (Å²) in [7, 11) is 1.86. The first-order valence-corrected chi connectivity index (χ1v) is 11.2. The van der Waals surface area contributed by atoms with E-state index in [4.69, 9.17) is 4.74 Å². The first kappa shape index (κ1) is 23.0. The maximum Gasteiger partial charge on any atom is 0.254 e. The molecule has 2 aliphatic heterocycles. The van der Waals surface area contributed by atoms with Crippen LogP contribution in [0.25, 0.3) is 0 Å². The fourth-order valence-corrected chi connectivity index (χ4v) is 4.02. The molecule has 4 rings (SSSR count). The first-order valence-electron chi connectivity index (χ1n) is 11.2. The number of aromatic nitrogens is 3. The first-order chi connectivity index (χ1) is 16.1. The zero-order chi connectivity index (χ0) is 23.0. The highest BCUT2D eigenvalue weighted by Gasteiger charge is 2.23. The molecule has 1 aromatic heterocycles. The van der Waals surface area contributed by atoms with Gasteiger partial charge in [0, 0.05) is 50.5 Å². The van der Waals surface area contributed by atoms with E-state index >= 15 is 0 Å². The molecule has 0 spiro atoms. The van der Waals surface area contributed by atoms with Crippen LogP contribution in [0.15, 0.2) is 30.5 Å². The maximum absolute atomic E-state index is 12.6. The Morgan fingerprint density at radius 1 is 1.24 bits per heavy atom. The summed E-state index contributed by atoms with van der Waals surface area (Å²) in [5, 5.41) is 13.4. The number of amides is 1. The van der Waals surface area contributed by atoms with Gasteiger partial charge in [0.2, 0.25) is 5.95 Å². The van der Waals surface area contributed by atoms with Gasteiger partial charge in [-0.15, -0.1) is 5.10 Å². The molecule has 0 aliphatic carbocycles. The molecule has 1 aromatic carbocycles. The molecule has 2 fully saturated rings. The summed E-state index contributed by atoms with van der Waals surface area (Å²) < 4.78 is 5.31. The predicted molar refractivity (Wildman–Crippen MR) is 123 cm³/mol. The fraction of sp³-hybridized carbons (Fsp3) is 0.500. The molecule has 176 valence electrons. The number of hydrazine groups is 1. The zero-order valence-electron chi connectivity index (χ0n) is 18.8. The molecule has 11 nitrogen and oxygen atoms in total. The van der Waals surface area contributed by atoms with Crippen molar-refractivity contribution in [1.29, 1.82) is 0 Å². The number of hydrogen-bond donors (Lipinski definition) is 2. The van der Waals surface area contributed by atoms with Gasteiger partial charge < -0.3 is 24.6 Å². The summed E-state index contributed by atoms with van der Waals surface area (Å²) >= 11 is 0. The Morgan fingerprint density at radius 3 is 2.79 bits per heavy atom. The van der Waals surface area contributed by atoms with Gasteiger partial charge >= 0.3 is 0 Å². The summed E-state index contributed by atoms with van der Waals surface area (Å²) in [5.74, 6) is 1.16. The van der Waals surface area contributed by atoms with Crippen molar-refractivity contribution in [2.45, 2.75) is 18.9 Å². The average Bonchev–Trinajstić information content (AvgIpc) is 2.85. The minimum Gasteiger partial charge on any atom is -0.378 e. The van der Waals surface area contributed by atoms with Crippen molar-refractivity contribution in [3.05, 3.63) is 36.0 Å². The largest absolute Gasteiger partial charge is 0.378 e. The molecule has 0 unspecified atom stereocenters. The summed E-state index contributed by atoms with van der Waals surface area (Å²) in [6.07, 6.45) is 4.46. The van der Waals surface area contributed by atoms with Crippen LogP contribution >= 0.6 is 0 Å². The summed E-state index contributed by atoms with van der Waals surface area (Å²) in [4.78, 5) is 31.8. The molecule has 2 N–H and O–H groups in total. The summed E-state index contributed by atoms with van der Waals surface area (Å²) in [6.45, 7) is 4.31. The summed E-state index contributed by atoms with van der Waals surface area (Å²) in [6, 6.07) is 7.55. The Kier molecular flexibility index (Phi) is 7.76. The molecule has 3 heterocycles. The third kappa shape index (κ3) is 6.21. The topological polar surface area (TPSA) is 116 Å². The number of piperidine rings is 1. The number of nitrogens with zero attached hydrogens (tertiary/aromatic N) is 6. The van der Waals surface area contributed by atoms with E-state index < -0.39 is 0 Å². The highest BCUT2D eigenvalue weighted by Crippen LogP contribution is 2.20. The Labute approximate surface area is 193 Å². The van der Waals surface area contributed by atoms with E-state index in [0.29, 0.717) is 50.2 Å². The molecule has 1 atom stereocenters. The highest BCUT2D eigenvalue weighted by molar-refractivity contribution is 5.94. The second-order valence-corrected chi connectivity index (χ2v) is 8.21. The lowest BCUT2D eigenvalue weighted by molar-refractivity contribution is -0.109. The summed E-state index contributed by atoms with van der Waals surface area (Å²) in [5.41, 5.74) is 4.80. The van der Waals surface area contributed by atoms with Crippen molar-refractivity contribution < 1.29 is 14.3 Å². The lowest BCUT2D eigenvalue weighted by Crippen LogP contribution is -2.52. The average molecular weight is 455 g/mol. The van der Waals surface area contributed by atoms with E-state index in [0.717, 1.165) is 37.9 Å². The Balaban J connectivity index is 1.37. The van der Waals surface area contributed by atoms with Gasteiger partial charge in [0.15, 0.2) is 5.82 Å². The molecule has 0 bridgehead atoms. The quantitative estimate of drug-likeness (QED) is 0.436. The third-order valence-electron chi connectivity index (χ3n) is 5.71. The minimum absolute atomic E-state index is 0.0166. The second-order valence-electron chi connectivity index (χ2n) is 8.21. The number of benzene rings is 1. The van der Waals surface area contributed by atoms with Gasteiger partial charge in [0.25, 0.3) is 5.91 Å². The monoisotopic (exact) mass is 454 g/mol. The number of carbonyl (C=O) groups excluding carboxylic acids is 2. The minimum atomic E-state index is 0.0166. The lowest BCUT2D eigenvalue weighted by Gasteiger charge is -2.34. The maximum atomic E-state index is 12.6. The number of morpholine rings is 1. The Morgan fingerprint density at radius 2 is 2.03 bits per heavy atom. The number of carbonyl (C=O) groups is 2. The molecular formula is C22H30N8O3. The van der Waals surface area contributed by atoms with Crippen LogP contribution in [0.5, 0.6) is 0 Å². The molecule has 0 radical (unpaired) electrons. The molecule has 11 heteroatoms. The third-order valence-corrected chi connectivity index (χ3v) is 5.71. The van der Waals surface area contributed by atoms with Crippen molar-refractivity contribution in [2.75, 3.05) is 63.2 Å². The van der Waals surface area contributed by atoms with Crippen LogP contribution in [-0.4, -0.2) is 96.3 Å². The van der Waals surface area contributed by atoms with Crippen molar-refractivity contribution in [1.82, 2.24) is 30.5 Å². The van der Waals surface area contributed by atoms with Crippen molar-refractivity contribution in [2.24, 2.45) is 0 Å². The van der Waals surface area contributed by atoms with Crippen molar-refractivity contribution >= 4 is 29.6 Å². The molecule has 2 aliphatic rings. The SMILES string of the molecule is CN(CC=O)N[C@@H]1CCCN(c2nncc(Nc3ccc(C(=O)N4CCOCC4)cc3)n2)C1. The van der Waals surface area contributed by atoms with Gasteiger partial charge in [-0.1, -0.05) is 0 Å². The zero-order valence-corrected chi connectivity index (χ0v) is 18.8. The molecule has 0 saturated carbocycles. The standard InChI is InChI=1S/C22H30N8O3/c1-28(9-12-31)27-19-3-2-8-30(16-19)22-25-20(15-23-26-22)24-18-6-4-17(5-7-18)21(32)29-10-13-33-14-11-29/h4-7,12,15,19,27H,2-3,8-11,13-14,16H2,1H3,(H,24,25,26)/t19-/m1/s1. The van der Waals surface area contributed by atoms with Gasteiger partial charge in [-0.25, -0.2) is 5.01 Å². The smallest absolute Gasteiger partial charge is 0.254 e. The molecule has 2 aromatic rings. The van der Waals surface area contributed by atoms with Crippen LogP contribution in [0.2, 0.25) is 0 Å². The van der Waals surface area contributed by atoms with Gasteiger partial charge in [-0.3, -0.25) is 10.2 Å². The van der Waals surface area contributed by atoms with Crippen LogP contribution in [0.4, 0.5) is 17.5 Å². The number of likely N-dealkylation sites (N-methyl/N-ethyl adjacent to an activating group) is 1. The number of anilines is 3. The van der Waals surface area contributed by atoms with E-state index in [-0.39, 0.29) is 11.9 Å². The van der Waals surface area contributed by atoms with Crippen LogP contribution in [0.3, 0.4) is 0 Å². The highest BCUT2D eigenvalue weighted by atomic mass is 16.5. The van der Waals surface area contributed by atoms with Crippen molar-refractivity contribution in [3.63, 3.8) is 0 Å². The normalized spacial score (nSPS) is 18.9. The van der Waals surface area contributed by atoms with Crippen LogP contribution in [0, 0.1) is 0 Å². The van der Waals surface area contributed by atoms with E-state index in [1.807, 2.05) is 36.2 Å². The van der Waals surface area contributed by atoms with Crippen LogP contribution < -0.4 is 15.6 Å². The van der Waals surface area contributed by atoms with E-state index in [1.54, 1.807) is 11.2 Å². The van der Waals surface area contributed by atoms with E-state index in [1.165, 1.54) is 0 Å². The lowest BCUT2D eigenvalue weighted by atomic mass is 10.1. The fourth-order valence-electron chi connectivity index (χ4n) is 4.02. The second kappa shape index (κ2) is 11.1. The molecule has 2 saturated heterocycles. The molecule has 1 amide bonds. The van der Waals surface area contributed by atoms with Gasteiger partial charge in [0.1, 0.15) is 6.29 Å². The Hall–Kier alpha value is -3.15. The number of rotatable bonds is 8. The van der Waals surface area contributed by atoms with Gasteiger partial charge in [-0.2, -0.15) is 10.1 Å². The molecule has 33 heavy (non-hydrogen) atoms. The van der Waals surface area contributed by atoms with Crippen molar-refractivity contribution in [3.8, 4) is 0 Å². The molecular weight excluding hydrogens is 424 g/mol. The number of aldehydes is 1. The Bertz CT molecular complexity index is 935. The predicted octanol–water partition coefficient (Wildman–Crippen LogP) is 0.692. The number of ether oxygens (including phenoxy) is 1. The number of hydrogen-bond acceptors (Lipinski definition) is 10. The van der Waals surface area contributed by atoms with Gasteiger partial charge in [-0.05, 0) is 37.1 Å². The number of nitrogens with one attached hydrogen (secondary N) is 2. The van der Waals surface area contributed by atoms with Crippen LogP contribution in [0.1, 0.15) is 23.2 Å². The van der Waals surface area contributed by atoms with Crippen LogP contribution in [-0.2, 0) is 9.53 Å².